The molecule has 0 aliphatic carbocycles. The van der Waals surface area contributed by atoms with Gasteiger partial charge in [0, 0.05) is 0 Å². The number of aliphatic hydroxyl groups excluding tert-OH is 1. The van der Waals surface area contributed by atoms with Crippen LogP contribution in [0.5, 0.6) is 0 Å². The molecule has 1 nitrogen and oxygen atoms in total. The second-order valence-electron chi connectivity index (χ2n) is 7.94. The van der Waals surface area contributed by atoms with Crippen molar-refractivity contribution in [2.24, 2.45) is 0 Å². The van der Waals surface area contributed by atoms with Crippen molar-refractivity contribution in [3.05, 3.63) is 34.9 Å². The maximum Gasteiger partial charge on any atom is 0.0540 e. The van der Waals surface area contributed by atoms with Crippen LogP contribution in [0.1, 0.15) is 78.0 Å². The minimum absolute atomic E-state index is 0.135. The van der Waals surface area contributed by atoms with E-state index in [1.165, 1.54) is 16.7 Å². The number of rotatable bonds is 4. The van der Waals surface area contributed by atoms with Gasteiger partial charge >= 0.3 is 0 Å². The summed E-state index contributed by atoms with van der Waals surface area (Å²) < 4.78 is 0. The van der Waals surface area contributed by atoms with Gasteiger partial charge in [0.15, 0.2) is 0 Å². The number of hydrogen-bond acceptors (Lipinski definition) is 1. The zero-order valence-corrected chi connectivity index (χ0v) is 14.4. The lowest BCUT2D eigenvalue weighted by Gasteiger charge is -2.32. The minimum Gasteiger partial charge on any atom is -0.393 e. The van der Waals surface area contributed by atoms with Crippen molar-refractivity contribution in [2.75, 3.05) is 0 Å². The number of aliphatic hydroxyl groups is 1. The van der Waals surface area contributed by atoms with E-state index in [-0.39, 0.29) is 16.9 Å². The Bertz CT molecular complexity index is 432. The van der Waals surface area contributed by atoms with Crippen LogP contribution >= 0.6 is 0 Å². The highest BCUT2D eigenvalue weighted by molar-refractivity contribution is 5.43. The van der Waals surface area contributed by atoms with Crippen LogP contribution in [0, 0.1) is 0 Å². The monoisotopic (exact) mass is 276 g/mol. The predicted octanol–water partition coefficient (Wildman–Crippen LogP) is 4.99. The first-order valence-electron chi connectivity index (χ1n) is 7.88. The predicted molar refractivity (Wildman–Crippen MR) is 88.5 cm³/mol. The molecule has 1 heteroatoms. The molecule has 0 saturated heterocycles. The van der Waals surface area contributed by atoms with E-state index in [1.54, 1.807) is 0 Å². The van der Waals surface area contributed by atoms with E-state index in [9.17, 15) is 5.11 Å². The molecule has 0 aliphatic heterocycles. The van der Waals surface area contributed by atoms with Crippen LogP contribution in [0.25, 0.3) is 0 Å². The third kappa shape index (κ3) is 4.34. The van der Waals surface area contributed by atoms with Gasteiger partial charge in [-0.3, -0.25) is 0 Å². The number of hydrogen-bond donors (Lipinski definition) is 1. The van der Waals surface area contributed by atoms with Gasteiger partial charge in [0.05, 0.1) is 6.10 Å². The molecule has 1 atom stereocenters. The molecular weight excluding hydrogens is 244 g/mol. The van der Waals surface area contributed by atoms with Gasteiger partial charge in [0.2, 0.25) is 0 Å². The first-order valence-corrected chi connectivity index (χ1v) is 7.88. The quantitative estimate of drug-likeness (QED) is 0.822. The molecule has 1 unspecified atom stereocenters. The summed E-state index contributed by atoms with van der Waals surface area (Å²) >= 11 is 0. The molecule has 1 rings (SSSR count). The van der Waals surface area contributed by atoms with E-state index in [0.717, 1.165) is 19.3 Å². The third-order valence-corrected chi connectivity index (χ3v) is 3.93. The Balaban J connectivity index is 3.24. The molecule has 1 aromatic rings. The largest absolute Gasteiger partial charge is 0.393 e. The topological polar surface area (TPSA) is 20.2 Å². The third-order valence-electron chi connectivity index (χ3n) is 3.93. The molecule has 0 radical (unpaired) electrons. The summed E-state index contributed by atoms with van der Waals surface area (Å²) in [7, 11) is 0. The zero-order chi connectivity index (χ0) is 15.6. The average Bonchev–Trinajstić information content (AvgIpc) is 2.33. The molecule has 0 saturated carbocycles. The van der Waals surface area contributed by atoms with E-state index in [4.69, 9.17) is 0 Å². The summed E-state index contributed by atoms with van der Waals surface area (Å²) in [6.07, 6.45) is 2.48. The highest BCUT2D eigenvalue weighted by atomic mass is 16.3. The normalized spacial score (nSPS) is 14.4. The smallest absolute Gasteiger partial charge is 0.0540 e. The summed E-state index contributed by atoms with van der Waals surface area (Å²) in [6, 6.07) is 6.67. The highest BCUT2D eigenvalue weighted by Gasteiger charge is 2.27. The standard InChI is InChI=1S/C19H32O/c1-8-15(20)13-12-14-10-9-11-16(18(2,3)4)17(14)19(5,6)7/h9-11,15,20H,8,12-13H2,1-7H3. The molecule has 0 spiro atoms. The highest BCUT2D eigenvalue weighted by Crippen LogP contribution is 2.36. The average molecular weight is 276 g/mol. The maximum atomic E-state index is 9.84. The lowest BCUT2D eigenvalue weighted by atomic mass is 9.72. The fraction of sp³-hybridized carbons (Fsp3) is 0.684. The Hall–Kier alpha value is -0.820. The van der Waals surface area contributed by atoms with Crippen LogP contribution in [-0.4, -0.2) is 11.2 Å². The van der Waals surface area contributed by atoms with Gasteiger partial charge in [-0.05, 0) is 46.8 Å². The summed E-state index contributed by atoms with van der Waals surface area (Å²) in [5.74, 6) is 0. The number of aryl methyl sites for hydroxylation is 1. The summed E-state index contributed by atoms with van der Waals surface area (Å²) in [6.45, 7) is 15.7. The van der Waals surface area contributed by atoms with E-state index >= 15 is 0 Å². The van der Waals surface area contributed by atoms with Crippen LogP contribution in [0.4, 0.5) is 0 Å². The SMILES string of the molecule is CCC(O)CCc1cccc(C(C)(C)C)c1C(C)(C)C. The zero-order valence-electron chi connectivity index (χ0n) is 14.4. The Morgan fingerprint density at radius 1 is 1.00 bits per heavy atom. The molecule has 0 aromatic heterocycles. The Morgan fingerprint density at radius 3 is 2.05 bits per heavy atom. The van der Waals surface area contributed by atoms with Crippen molar-refractivity contribution < 1.29 is 5.11 Å². The van der Waals surface area contributed by atoms with Gasteiger partial charge in [0.25, 0.3) is 0 Å². The van der Waals surface area contributed by atoms with Crippen LogP contribution in [0.2, 0.25) is 0 Å². The van der Waals surface area contributed by atoms with Crippen molar-refractivity contribution in [3.8, 4) is 0 Å². The van der Waals surface area contributed by atoms with Crippen LogP contribution in [-0.2, 0) is 17.3 Å². The van der Waals surface area contributed by atoms with Gasteiger partial charge in [-0.15, -0.1) is 0 Å². The molecular formula is C19H32O. The number of benzene rings is 1. The molecule has 0 aliphatic rings. The van der Waals surface area contributed by atoms with E-state index in [1.807, 2.05) is 6.92 Å². The molecule has 114 valence electrons. The van der Waals surface area contributed by atoms with Gasteiger partial charge in [-0.25, -0.2) is 0 Å². The Labute approximate surface area is 125 Å². The van der Waals surface area contributed by atoms with Gasteiger partial charge in [0.1, 0.15) is 0 Å². The van der Waals surface area contributed by atoms with E-state index < -0.39 is 0 Å². The lowest BCUT2D eigenvalue weighted by Crippen LogP contribution is -2.24. The van der Waals surface area contributed by atoms with Crippen LogP contribution < -0.4 is 0 Å². The Kier molecular flexibility index (Phi) is 5.43. The van der Waals surface area contributed by atoms with Crippen molar-refractivity contribution in [1.82, 2.24) is 0 Å². The molecule has 0 heterocycles. The van der Waals surface area contributed by atoms with Gasteiger partial charge < -0.3 is 5.11 Å². The molecule has 0 bridgehead atoms. The molecule has 0 amide bonds. The first kappa shape index (κ1) is 17.2. The summed E-state index contributed by atoms with van der Waals surface area (Å²) in [5, 5.41) is 9.84. The van der Waals surface area contributed by atoms with Crippen molar-refractivity contribution >= 4 is 0 Å². The van der Waals surface area contributed by atoms with Gasteiger partial charge in [-0.1, -0.05) is 66.7 Å². The van der Waals surface area contributed by atoms with Crippen molar-refractivity contribution in [3.63, 3.8) is 0 Å². The van der Waals surface area contributed by atoms with E-state index in [0.29, 0.717) is 0 Å². The Morgan fingerprint density at radius 2 is 1.60 bits per heavy atom. The van der Waals surface area contributed by atoms with Crippen LogP contribution in [0.3, 0.4) is 0 Å². The minimum atomic E-state index is -0.180. The van der Waals surface area contributed by atoms with Crippen LogP contribution in [0.15, 0.2) is 18.2 Å². The summed E-state index contributed by atoms with van der Waals surface area (Å²) in [4.78, 5) is 0. The second kappa shape index (κ2) is 6.30. The van der Waals surface area contributed by atoms with Crippen molar-refractivity contribution in [2.45, 2.75) is 84.7 Å². The lowest BCUT2D eigenvalue weighted by molar-refractivity contribution is 0.160. The van der Waals surface area contributed by atoms with Gasteiger partial charge in [-0.2, -0.15) is 0 Å². The maximum absolute atomic E-state index is 9.84. The fourth-order valence-corrected chi connectivity index (χ4v) is 2.85. The first-order chi connectivity index (χ1) is 9.07. The second-order valence-corrected chi connectivity index (χ2v) is 7.94. The molecule has 20 heavy (non-hydrogen) atoms. The fourth-order valence-electron chi connectivity index (χ4n) is 2.85. The summed E-state index contributed by atoms with van der Waals surface area (Å²) in [5.41, 5.74) is 4.60. The molecule has 1 N–H and O–H groups in total. The van der Waals surface area contributed by atoms with E-state index in [2.05, 4.69) is 59.7 Å². The molecule has 1 aromatic carbocycles. The molecule has 0 fully saturated rings. The van der Waals surface area contributed by atoms with Crippen molar-refractivity contribution in [1.29, 1.82) is 0 Å².